The Morgan fingerprint density at radius 3 is 2.52 bits per heavy atom. The van der Waals surface area contributed by atoms with E-state index in [4.69, 9.17) is 0 Å². The van der Waals surface area contributed by atoms with Crippen molar-refractivity contribution >= 4 is 15.7 Å². The Morgan fingerprint density at radius 2 is 1.85 bits per heavy atom. The first-order valence-electron chi connectivity index (χ1n) is 9.43. The lowest BCUT2D eigenvalue weighted by Crippen LogP contribution is -2.35. The van der Waals surface area contributed by atoms with Crippen molar-refractivity contribution in [1.29, 1.82) is 0 Å². The molecule has 1 aliphatic rings. The average molecular weight is 391 g/mol. The molecule has 0 heterocycles. The molecule has 146 valence electrons. The van der Waals surface area contributed by atoms with Crippen LogP contribution in [0.4, 0.5) is 10.1 Å². The molecule has 0 bridgehead atoms. The minimum Gasteiger partial charge on any atom is -0.311 e. The summed E-state index contributed by atoms with van der Waals surface area (Å²) < 4.78 is 40.3. The van der Waals surface area contributed by atoms with Crippen molar-refractivity contribution in [3.8, 4) is 0 Å². The number of anilines is 1. The largest absolute Gasteiger partial charge is 0.311 e. The lowest BCUT2D eigenvalue weighted by Gasteiger charge is -2.26. The van der Waals surface area contributed by atoms with E-state index in [0.717, 1.165) is 30.4 Å². The van der Waals surface area contributed by atoms with Gasteiger partial charge < -0.3 is 5.32 Å². The fourth-order valence-corrected chi connectivity index (χ4v) is 4.55. The zero-order valence-electron chi connectivity index (χ0n) is 15.8. The molecule has 0 spiro atoms. The van der Waals surface area contributed by atoms with Crippen LogP contribution in [0.5, 0.6) is 0 Å². The van der Waals surface area contributed by atoms with Crippen LogP contribution >= 0.6 is 0 Å². The fourth-order valence-electron chi connectivity index (χ4n) is 3.50. The number of hydrogen-bond acceptors (Lipinski definition) is 3. The van der Waals surface area contributed by atoms with Crippen LogP contribution in [0, 0.1) is 0 Å². The summed E-state index contributed by atoms with van der Waals surface area (Å²) >= 11 is 0. The van der Waals surface area contributed by atoms with Gasteiger partial charge in [-0.05, 0) is 66.1 Å². The molecular formula is C21H27FN2O2S. The van der Waals surface area contributed by atoms with E-state index >= 15 is 0 Å². The highest BCUT2D eigenvalue weighted by Crippen LogP contribution is 2.26. The van der Waals surface area contributed by atoms with Gasteiger partial charge in [-0.15, -0.1) is 0 Å². The summed E-state index contributed by atoms with van der Waals surface area (Å²) in [6.07, 6.45) is 2.64. The number of aryl methyl sites for hydroxylation is 1. The smallest absolute Gasteiger partial charge is 0.261 e. The summed E-state index contributed by atoms with van der Waals surface area (Å²) in [5, 5.41) is 3.21. The molecule has 2 aromatic rings. The van der Waals surface area contributed by atoms with E-state index in [1.54, 1.807) is 18.2 Å². The molecule has 1 aliphatic carbocycles. The first kappa shape index (κ1) is 19.8. The van der Waals surface area contributed by atoms with Crippen molar-refractivity contribution in [2.24, 2.45) is 0 Å². The summed E-state index contributed by atoms with van der Waals surface area (Å²) in [5.74, 6) is 0.360. The van der Waals surface area contributed by atoms with Crippen LogP contribution in [0.25, 0.3) is 0 Å². The molecule has 2 aromatic carbocycles. The maximum atomic E-state index is 12.7. The van der Waals surface area contributed by atoms with Gasteiger partial charge in [0, 0.05) is 18.3 Å². The van der Waals surface area contributed by atoms with Crippen LogP contribution in [0.15, 0.2) is 47.4 Å². The second kappa shape index (κ2) is 8.40. The monoisotopic (exact) mass is 390 g/mol. The summed E-state index contributed by atoms with van der Waals surface area (Å²) in [7, 11) is -3.61. The highest BCUT2D eigenvalue weighted by atomic mass is 32.2. The lowest BCUT2D eigenvalue weighted by atomic mass is 9.88. The van der Waals surface area contributed by atoms with Gasteiger partial charge in [0.25, 0.3) is 10.0 Å². The fraction of sp³-hybridized carbons (Fsp3) is 0.429. The van der Waals surface area contributed by atoms with Crippen LogP contribution in [0.1, 0.15) is 42.9 Å². The third kappa shape index (κ3) is 4.87. The van der Waals surface area contributed by atoms with Crippen molar-refractivity contribution in [2.75, 3.05) is 17.9 Å². The Bertz CT molecular complexity index is 880. The number of rotatable bonds is 7. The highest BCUT2D eigenvalue weighted by Gasteiger charge is 2.20. The first-order valence-corrected chi connectivity index (χ1v) is 10.9. The normalized spacial score (nSPS) is 17.0. The van der Waals surface area contributed by atoms with E-state index in [2.05, 4.69) is 23.9 Å². The Kier molecular flexibility index (Phi) is 6.17. The second-order valence-corrected chi connectivity index (χ2v) is 9.08. The van der Waals surface area contributed by atoms with Crippen LogP contribution < -0.4 is 10.0 Å². The third-order valence-corrected chi connectivity index (χ3v) is 6.47. The molecule has 2 N–H and O–H groups in total. The van der Waals surface area contributed by atoms with Crippen LogP contribution in [-0.2, 0) is 22.9 Å². The van der Waals surface area contributed by atoms with Crippen molar-refractivity contribution in [2.45, 2.75) is 50.0 Å². The molecule has 0 saturated carbocycles. The molecular weight excluding hydrogens is 363 g/mol. The second-order valence-electron chi connectivity index (χ2n) is 7.40. The molecule has 4 nitrogen and oxygen atoms in total. The molecule has 0 aromatic heterocycles. The van der Waals surface area contributed by atoms with Crippen molar-refractivity contribution in [1.82, 2.24) is 5.32 Å². The molecule has 0 radical (unpaired) electrons. The summed E-state index contributed by atoms with van der Waals surface area (Å²) in [5.41, 5.74) is 4.04. The maximum Gasteiger partial charge on any atom is 0.261 e. The maximum absolute atomic E-state index is 12.7. The van der Waals surface area contributed by atoms with Gasteiger partial charge in [0.15, 0.2) is 0 Å². The van der Waals surface area contributed by atoms with Gasteiger partial charge in [-0.1, -0.05) is 32.0 Å². The molecule has 27 heavy (non-hydrogen) atoms. The number of nitrogens with one attached hydrogen (secondary N) is 2. The number of benzene rings is 2. The molecule has 6 heteroatoms. The quantitative estimate of drug-likeness (QED) is 0.751. The van der Waals surface area contributed by atoms with Gasteiger partial charge in [0.05, 0.1) is 4.90 Å². The topological polar surface area (TPSA) is 58.2 Å². The third-order valence-electron chi connectivity index (χ3n) is 5.07. The van der Waals surface area contributed by atoms with E-state index < -0.39 is 10.0 Å². The molecule has 0 fully saturated rings. The summed E-state index contributed by atoms with van der Waals surface area (Å²) in [6.45, 7) is 4.18. The SMILES string of the molecule is CC(C)c1ccc(S(=O)(=O)Nc2ccc3c(c2)CC[C@H](NCCF)C3)cc1. The average Bonchev–Trinajstić information content (AvgIpc) is 2.66. The number of sulfonamides is 1. The van der Waals surface area contributed by atoms with E-state index in [1.165, 1.54) is 5.56 Å². The molecule has 0 amide bonds. The highest BCUT2D eigenvalue weighted by molar-refractivity contribution is 7.92. The molecule has 0 unspecified atom stereocenters. The Balaban J connectivity index is 1.72. The predicted octanol–water partition coefficient (Wildman–Crippen LogP) is 4.03. The van der Waals surface area contributed by atoms with E-state index in [0.29, 0.717) is 18.2 Å². The van der Waals surface area contributed by atoms with Gasteiger partial charge >= 0.3 is 0 Å². The van der Waals surface area contributed by atoms with Gasteiger partial charge in [-0.2, -0.15) is 0 Å². The van der Waals surface area contributed by atoms with Crippen molar-refractivity contribution in [3.63, 3.8) is 0 Å². The number of halogens is 1. The molecule has 3 rings (SSSR count). The summed E-state index contributed by atoms with van der Waals surface area (Å²) in [4.78, 5) is 0.264. The molecule has 1 atom stereocenters. The van der Waals surface area contributed by atoms with Crippen LogP contribution in [0.3, 0.4) is 0 Å². The van der Waals surface area contributed by atoms with E-state index in [1.807, 2.05) is 24.3 Å². The van der Waals surface area contributed by atoms with Gasteiger partial charge in [0.1, 0.15) is 6.67 Å². The van der Waals surface area contributed by atoms with Gasteiger partial charge in [-0.3, -0.25) is 4.72 Å². The number of alkyl halides is 1. The molecule has 0 aliphatic heterocycles. The Hall–Kier alpha value is -1.92. The standard InChI is InChI=1S/C21H27FN2O2S/c1-15(2)16-5-9-21(10-6-16)27(25,26)24-20-8-4-17-13-19(23-12-11-22)7-3-18(17)14-20/h4-6,8-10,14-15,19,23-24H,3,7,11-13H2,1-2H3/t19-/m0/s1. The minimum atomic E-state index is -3.61. The zero-order valence-corrected chi connectivity index (χ0v) is 16.7. The summed E-state index contributed by atoms with van der Waals surface area (Å²) in [6, 6.07) is 13.0. The van der Waals surface area contributed by atoms with Gasteiger partial charge in [-0.25, -0.2) is 12.8 Å². The molecule has 0 saturated heterocycles. The van der Waals surface area contributed by atoms with Crippen LogP contribution in [0.2, 0.25) is 0 Å². The van der Waals surface area contributed by atoms with Crippen molar-refractivity contribution < 1.29 is 12.8 Å². The van der Waals surface area contributed by atoms with Gasteiger partial charge in [0.2, 0.25) is 0 Å². The van der Waals surface area contributed by atoms with E-state index in [9.17, 15) is 12.8 Å². The number of fused-ring (bicyclic) bond motifs is 1. The van der Waals surface area contributed by atoms with E-state index in [-0.39, 0.29) is 17.6 Å². The predicted molar refractivity (Wildman–Crippen MR) is 108 cm³/mol. The first-order chi connectivity index (χ1) is 12.9. The Labute approximate surface area is 161 Å². The van der Waals surface area contributed by atoms with Crippen LogP contribution in [-0.4, -0.2) is 27.7 Å². The van der Waals surface area contributed by atoms with Crippen molar-refractivity contribution in [3.05, 3.63) is 59.2 Å². The zero-order chi connectivity index (χ0) is 19.4. The minimum absolute atomic E-state index is 0.264. The lowest BCUT2D eigenvalue weighted by molar-refractivity contribution is 0.406. The number of hydrogen-bond donors (Lipinski definition) is 2. The Morgan fingerprint density at radius 1 is 1.11 bits per heavy atom.